The number of fused-ring (bicyclic) bond motifs is 1. The van der Waals surface area contributed by atoms with Crippen LogP contribution in [0.15, 0.2) is 65.8 Å². The Morgan fingerprint density at radius 2 is 1.84 bits per heavy atom. The highest BCUT2D eigenvalue weighted by Gasteiger charge is 2.10. The number of rotatable bonds is 8. The average Bonchev–Trinajstić information content (AvgIpc) is 2.75. The van der Waals surface area contributed by atoms with Crippen molar-refractivity contribution >= 4 is 40.8 Å². The molecule has 0 saturated heterocycles. The van der Waals surface area contributed by atoms with Gasteiger partial charge in [-0.3, -0.25) is 4.98 Å². The molecule has 0 aliphatic carbocycles. The fourth-order valence-corrected chi connectivity index (χ4v) is 2.98. The first-order valence-corrected chi connectivity index (χ1v) is 9.64. The van der Waals surface area contributed by atoms with Gasteiger partial charge in [0.15, 0.2) is 5.96 Å². The molecular weight excluding hydrogens is 517 g/mol. The summed E-state index contributed by atoms with van der Waals surface area (Å²) in [5.41, 5.74) is 2.49. The zero-order chi connectivity index (χ0) is 21.3. The van der Waals surface area contributed by atoms with Crippen LogP contribution in [0.5, 0.6) is 5.75 Å². The van der Waals surface area contributed by atoms with Gasteiger partial charge in [0, 0.05) is 24.7 Å². The Bertz CT molecular complexity index is 981. The lowest BCUT2D eigenvalue weighted by atomic mass is 10.1. The van der Waals surface area contributed by atoms with E-state index in [0.717, 1.165) is 16.5 Å². The maximum Gasteiger partial charge on any atom is 0.387 e. The smallest absolute Gasteiger partial charge is 0.387 e. The minimum atomic E-state index is -2.88. The van der Waals surface area contributed by atoms with E-state index < -0.39 is 12.7 Å². The van der Waals surface area contributed by atoms with Crippen molar-refractivity contribution in [1.29, 1.82) is 0 Å². The summed E-state index contributed by atoms with van der Waals surface area (Å²) in [5.74, 6) is 0.606. The van der Waals surface area contributed by atoms with E-state index in [2.05, 4.69) is 25.3 Å². The number of benzene rings is 2. The van der Waals surface area contributed by atoms with Gasteiger partial charge in [-0.2, -0.15) is 8.78 Å². The minimum Gasteiger partial charge on any atom is -0.435 e. The van der Waals surface area contributed by atoms with Gasteiger partial charge in [0.05, 0.1) is 18.2 Å². The molecule has 1 atom stereocenters. The summed E-state index contributed by atoms with van der Waals surface area (Å²) in [6.45, 7) is 0.372. The van der Waals surface area contributed by atoms with Gasteiger partial charge >= 0.3 is 6.61 Å². The fourth-order valence-electron chi connectivity index (χ4n) is 2.98. The standard InChI is InChI=1S/C22H24F2N4O2.HI/c1-2-25-22(27-13-17-6-3-5-16-7-4-12-26-20(16)17)28-14-19(29)15-8-10-18(11-9-15)30-21(23)24;/h3-12,19,21,29H,2,13-14H2,1H3,(H2,25,27,28);1H. The topological polar surface area (TPSA) is 78.8 Å². The quantitative estimate of drug-likeness (QED) is 0.226. The Morgan fingerprint density at radius 3 is 2.55 bits per heavy atom. The number of nitrogens with zero attached hydrogens (tertiary/aromatic N) is 2. The van der Waals surface area contributed by atoms with Crippen LogP contribution in [0, 0.1) is 0 Å². The van der Waals surface area contributed by atoms with Gasteiger partial charge in [-0.25, -0.2) is 4.99 Å². The average molecular weight is 542 g/mol. The van der Waals surface area contributed by atoms with E-state index >= 15 is 0 Å². The highest BCUT2D eigenvalue weighted by molar-refractivity contribution is 14.0. The number of aliphatic hydroxyl groups is 1. The molecule has 6 nitrogen and oxygen atoms in total. The lowest BCUT2D eigenvalue weighted by molar-refractivity contribution is -0.0498. The predicted molar refractivity (Wildman–Crippen MR) is 128 cm³/mol. The lowest BCUT2D eigenvalue weighted by Gasteiger charge is -2.16. The molecular formula is C22H25F2IN4O2. The molecule has 9 heteroatoms. The molecule has 0 saturated carbocycles. The van der Waals surface area contributed by atoms with Crippen molar-refractivity contribution in [2.45, 2.75) is 26.2 Å². The minimum absolute atomic E-state index is 0. The molecule has 1 unspecified atom stereocenters. The molecule has 1 heterocycles. The summed E-state index contributed by atoms with van der Waals surface area (Å²) in [4.78, 5) is 9.02. The molecule has 0 fully saturated rings. The summed E-state index contributed by atoms with van der Waals surface area (Å²) >= 11 is 0. The van der Waals surface area contributed by atoms with Crippen LogP contribution in [-0.2, 0) is 6.54 Å². The second-order valence-electron chi connectivity index (χ2n) is 6.53. The van der Waals surface area contributed by atoms with Gasteiger partial charge in [-0.15, -0.1) is 24.0 Å². The molecule has 0 aliphatic rings. The van der Waals surface area contributed by atoms with Crippen molar-refractivity contribution in [2.75, 3.05) is 13.1 Å². The van der Waals surface area contributed by atoms with Crippen LogP contribution >= 0.6 is 24.0 Å². The number of guanidine groups is 1. The summed E-state index contributed by atoms with van der Waals surface area (Å²) in [5, 5.41) is 17.7. The number of aliphatic hydroxyl groups excluding tert-OH is 1. The molecule has 31 heavy (non-hydrogen) atoms. The van der Waals surface area contributed by atoms with E-state index in [1.807, 2.05) is 37.3 Å². The van der Waals surface area contributed by atoms with Crippen LogP contribution < -0.4 is 15.4 Å². The molecule has 1 aromatic heterocycles. The van der Waals surface area contributed by atoms with E-state index in [-0.39, 0.29) is 36.3 Å². The van der Waals surface area contributed by atoms with E-state index in [1.54, 1.807) is 18.3 Å². The van der Waals surface area contributed by atoms with Crippen LogP contribution in [0.1, 0.15) is 24.2 Å². The zero-order valence-corrected chi connectivity index (χ0v) is 19.3. The zero-order valence-electron chi connectivity index (χ0n) is 17.0. The molecule has 166 valence electrons. The number of hydrogen-bond acceptors (Lipinski definition) is 4. The van der Waals surface area contributed by atoms with Gasteiger partial charge in [-0.1, -0.05) is 36.4 Å². The van der Waals surface area contributed by atoms with Gasteiger partial charge in [0.25, 0.3) is 0 Å². The van der Waals surface area contributed by atoms with Crippen molar-refractivity contribution in [3.63, 3.8) is 0 Å². The second-order valence-corrected chi connectivity index (χ2v) is 6.53. The second kappa shape index (κ2) is 12.4. The van der Waals surface area contributed by atoms with Crippen molar-refractivity contribution in [2.24, 2.45) is 4.99 Å². The van der Waals surface area contributed by atoms with Crippen molar-refractivity contribution in [3.05, 3.63) is 71.9 Å². The number of ether oxygens (including phenoxy) is 1. The summed E-state index contributed by atoms with van der Waals surface area (Å²) in [7, 11) is 0. The first-order valence-electron chi connectivity index (χ1n) is 9.64. The highest BCUT2D eigenvalue weighted by atomic mass is 127. The van der Waals surface area contributed by atoms with Gasteiger partial charge in [0.2, 0.25) is 0 Å². The number of nitrogens with one attached hydrogen (secondary N) is 2. The summed E-state index contributed by atoms with van der Waals surface area (Å²) in [6, 6.07) is 15.8. The van der Waals surface area contributed by atoms with Crippen LogP contribution in [0.4, 0.5) is 8.78 Å². The summed E-state index contributed by atoms with van der Waals surface area (Å²) in [6.07, 6.45) is 0.918. The first-order chi connectivity index (χ1) is 14.6. The molecule has 0 radical (unpaired) electrons. The monoisotopic (exact) mass is 542 g/mol. The van der Waals surface area contributed by atoms with Crippen molar-refractivity contribution < 1.29 is 18.6 Å². The third kappa shape index (κ3) is 7.28. The molecule has 0 aliphatic heterocycles. The van der Waals surface area contributed by atoms with E-state index in [4.69, 9.17) is 0 Å². The van der Waals surface area contributed by atoms with Crippen LogP contribution in [0.25, 0.3) is 10.9 Å². The Labute approximate surface area is 196 Å². The fraction of sp³-hybridized carbons (Fsp3) is 0.273. The third-order valence-electron chi connectivity index (χ3n) is 4.42. The van der Waals surface area contributed by atoms with Crippen LogP contribution in [0.2, 0.25) is 0 Å². The molecule has 3 N–H and O–H groups in total. The molecule has 2 aromatic carbocycles. The van der Waals surface area contributed by atoms with Crippen LogP contribution in [-0.4, -0.2) is 35.8 Å². The molecule has 0 bridgehead atoms. The molecule has 3 aromatic rings. The molecule has 0 spiro atoms. The van der Waals surface area contributed by atoms with E-state index in [0.29, 0.717) is 24.6 Å². The number of hydrogen-bond donors (Lipinski definition) is 3. The number of alkyl halides is 2. The maximum atomic E-state index is 12.2. The van der Waals surface area contributed by atoms with E-state index in [9.17, 15) is 13.9 Å². The first kappa shape index (κ1) is 24.7. The van der Waals surface area contributed by atoms with Crippen molar-refractivity contribution in [3.8, 4) is 5.75 Å². The van der Waals surface area contributed by atoms with E-state index in [1.165, 1.54) is 12.1 Å². The predicted octanol–water partition coefficient (Wildman–Crippen LogP) is 4.24. The van der Waals surface area contributed by atoms with Crippen LogP contribution in [0.3, 0.4) is 0 Å². The SMILES string of the molecule is CCNC(=NCc1cccc2cccnc12)NCC(O)c1ccc(OC(F)F)cc1.I. The number of aliphatic imine (C=N–C) groups is 1. The highest BCUT2D eigenvalue weighted by Crippen LogP contribution is 2.19. The molecule has 3 rings (SSSR count). The Morgan fingerprint density at radius 1 is 1.10 bits per heavy atom. The number of para-hydroxylation sites is 1. The Hall–Kier alpha value is -2.53. The number of aromatic nitrogens is 1. The number of pyridine rings is 1. The largest absolute Gasteiger partial charge is 0.435 e. The Kier molecular flexibility index (Phi) is 9.86. The summed E-state index contributed by atoms with van der Waals surface area (Å²) < 4.78 is 28.8. The maximum absolute atomic E-state index is 12.2. The Balaban J connectivity index is 0.00000341. The van der Waals surface area contributed by atoms with Gasteiger partial charge in [-0.05, 0) is 36.2 Å². The van der Waals surface area contributed by atoms with Crippen molar-refractivity contribution in [1.82, 2.24) is 15.6 Å². The van der Waals surface area contributed by atoms with Gasteiger partial charge in [0.1, 0.15) is 5.75 Å². The lowest BCUT2D eigenvalue weighted by Crippen LogP contribution is -2.39. The normalized spacial score (nSPS) is 12.4. The van der Waals surface area contributed by atoms with Gasteiger partial charge < -0.3 is 20.5 Å². The molecule has 0 amide bonds. The third-order valence-corrected chi connectivity index (χ3v) is 4.42. The number of halogens is 3.